The molecule has 1 amide bonds. The summed E-state index contributed by atoms with van der Waals surface area (Å²) in [5, 5.41) is 2.81. The van der Waals surface area contributed by atoms with E-state index in [4.69, 9.17) is 5.73 Å². The van der Waals surface area contributed by atoms with Gasteiger partial charge in [0.1, 0.15) is 5.82 Å². The van der Waals surface area contributed by atoms with Crippen molar-refractivity contribution in [3.05, 3.63) is 35.6 Å². The fourth-order valence-electron chi connectivity index (χ4n) is 2.19. The zero-order valence-corrected chi connectivity index (χ0v) is 10.9. The van der Waals surface area contributed by atoms with Crippen LogP contribution in [-0.2, 0) is 11.3 Å². The van der Waals surface area contributed by atoms with Gasteiger partial charge in [-0.05, 0) is 30.5 Å². The van der Waals surface area contributed by atoms with Gasteiger partial charge in [-0.15, -0.1) is 12.4 Å². The van der Waals surface area contributed by atoms with Crippen molar-refractivity contribution >= 4 is 18.3 Å². The van der Waals surface area contributed by atoms with E-state index in [0.717, 1.165) is 31.2 Å². The Kier molecular flexibility index (Phi) is 5.11. The summed E-state index contributed by atoms with van der Waals surface area (Å²) in [4.78, 5) is 11.9. The van der Waals surface area contributed by atoms with Crippen LogP contribution in [0.1, 0.15) is 31.2 Å². The minimum atomic E-state index is -0.694. The van der Waals surface area contributed by atoms with Crippen LogP contribution >= 0.6 is 12.4 Å². The summed E-state index contributed by atoms with van der Waals surface area (Å²) in [7, 11) is 0. The molecule has 3 nitrogen and oxygen atoms in total. The Balaban J connectivity index is 0.00000162. The zero-order chi connectivity index (χ0) is 12.3. The predicted octanol–water partition coefficient (Wildman–Crippen LogP) is 2.14. The lowest BCUT2D eigenvalue weighted by Crippen LogP contribution is -2.51. The lowest BCUT2D eigenvalue weighted by Gasteiger charge is -2.22. The fraction of sp³-hybridized carbons (Fsp3) is 0.462. The second-order valence-electron chi connectivity index (χ2n) is 4.67. The second kappa shape index (κ2) is 6.16. The number of nitrogens with two attached hydrogens (primary N) is 1. The van der Waals surface area contributed by atoms with Crippen molar-refractivity contribution in [3.63, 3.8) is 0 Å². The number of hydrogen-bond donors (Lipinski definition) is 2. The van der Waals surface area contributed by atoms with Crippen molar-refractivity contribution in [3.8, 4) is 0 Å². The standard InChI is InChI=1S/C13H17FN2O.ClH/c14-11-5-3-10(4-6-11)9-16-12(17)13(15)7-1-2-8-13;/h3-6H,1-2,7-9,15H2,(H,16,17);1H. The van der Waals surface area contributed by atoms with Gasteiger partial charge in [0.25, 0.3) is 0 Å². The maximum Gasteiger partial charge on any atom is 0.240 e. The molecule has 1 saturated carbocycles. The van der Waals surface area contributed by atoms with Crippen molar-refractivity contribution in [1.82, 2.24) is 5.32 Å². The summed E-state index contributed by atoms with van der Waals surface area (Å²) in [6.45, 7) is 0.401. The molecule has 2 rings (SSSR count). The Bertz CT molecular complexity index is 402. The molecule has 1 aromatic carbocycles. The number of rotatable bonds is 3. The molecule has 1 aromatic rings. The van der Waals surface area contributed by atoms with Crippen molar-refractivity contribution in [2.45, 2.75) is 37.8 Å². The third-order valence-corrected chi connectivity index (χ3v) is 3.31. The first kappa shape index (κ1) is 14.9. The molecule has 0 radical (unpaired) electrons. The molecule has 0 unspecified atom stereocenters. The normalized spacial score (nSPS) is 17.0. The van der Waals surface area contributed by atoms with Gasteiger partial charge in [0.05, 0.1) is 5.54 Å². The lowest BCUT2D eigenvalue weighted by molar-refractivity contribution is -0.126. The van der Waals surface area contributed by atoms with Gasteiger partial charge in [-0.3, -0.25) is 4.79 Å². The number of halogens is 2. The molecule has 100 valence electrons. The average molecular weight is 273 g/mol. The van der Waals surface area contributed by atoms with Crippen LogP contribution in [0.4, 0.5) is 4.39 Å². The van der Waals surface area contributed by atoms with Crippen LogP contribution < -0.4 is 11.1 Å². The fourth-order valence-corrected chi connectivity index (χ4v) is 2.19. The number of carbonyl (C=O) groups is 1. The highest BCUT2D eigenvalue weighted by Gasteiger charge is 2.36. The summed E-state index contributed by atoms with van der Waals surface area (Å²) >= 11 is 0. The van der Waals surface area contributed by atoms with Crippen LogP contribution in [0.25, 0.3) is 0 Å². The maximum absolute atomic E-state index is 12.7. The van der Waals surface area contributed by atoms with Crippen LogP contribution in [0.5, 0.6) is 0 Å². The Morgan fingerprint density at radius 2 is 1.83 bits per heavy atom. The molecule has 0 aromatic heterocycles. The molecule has 5 heteroatoms. The van der Waals surface area contributed by atoms with Crippen molar-refractivity contribution in [1.29, 1.82) is 0 Å². The minimum Gasteiger partial charge on any atom is -0.350 e. The monoisotopic (exact) mass is 272 g/mol. The predicted molar refractivity (Wildman–Crippen MR) is 70.9 cm³/mol. The van der Waals surface area contributed by atoms with Crippen LogP contribution in [0.15, 0.2) is 24.3 Å². The van der Waals surface area contributed by atoms with Gasteiger partial charge in [0.15, 0.2) is 0 Å². The van der Waals surface area contributed by atoms with Crippen LogP contribution in [-0.4, -0.2) is 11.4 Å². The van der Waals surface area contributed by atoms with E-state index in [0.29, 0.717) is 6.54 Å². The van der Waals surface area contributed by atoms with Gasteiger partial charge in [-0.1, -0.05) is 25.0 Å². The summed E-state index contributed by atoms with van der Waals surface area (Å²) in [5.74, 6) is -0.370. The summed E-state index contributed by atoms with van der Waals surface area (Å²) in [6.07, 6.45) is 3.53. The van der Waals surface area contributed by atoms with Gasteiger partial charge in [-0.25, -0.2) is 4.39 Å². The second-order valence-corrected chi connectivity index (χ2v) is 4.67. The Labute approximate surface area is 112 Å². The Hall–Kier alpha value is -1.13. The van der Waals surface area contributed by atoms with Crippen molar-refractivity contribution in [2.24, 2.45) is 5.73 Å². The first-order chi connectivity index (χ1) is 8.10. The molecule has 0 spiro atoms. The van der Waals surface area contributed by atoms with Crippen molar-refractivity contribution in [2.75, 3.05) is 0 Å². The molecular formula is C13H18ClFN2O. The van der Waals surface area contributed by atoms with Crippen molar-refractivity contribution < 1.29 is 9.18 Å². The molecule has 18 heavy (non-hydrogen) atoms. The third kappa shape index (κ3) is 3.43. The molecule has 0 bridgehead atoms. The van der Waals surface area contributed by atoms with E-state index in [1.54, 1.807) is 12.1 Å². The molecule has 0 aliphatic heterocycles. The molecule has 3 N–H and O–H groups in total. The van der Waals surface area contributed by atoms with E-state index in [1.165, 1.54) is 12.1 Å². The number of amides is 1. The Morgan fingerprint density at radius 3 is 2.39 bits per heavy atom. The third-order valence-electron chi connectivity index (χ3n) is 3.31. The van der Waals surface area contributed by atoms with E-state index in [9.17, 15) is 9.18 Å². The highest BCUT2D eigenvalue weighted by atomic mass is 35.5. The maximum atomic E-state index is 12.7. The molecule has 0 heterocycles. The zero-order valence-electron chi connectivity index (χ0n) is 10.1. The lowest BCUT2D eigenvalue weighted by atomic mass is 9.98. The smallest absolute Gasteiger partial charge is 0.240 e. The molecule has 1 fully saturated rings. The summed E-state index contributed by atoms with van der Waals surface area (Å²) < 4.78 is 12.7. The van der Waals surface area contributed by atoms with E-state index in [2.05, 4.69) is 5.32 Å². The minimum absolute atomic E-state index is 0. The SMILES string of the molecule is Cl.NC1(C(=O)NCc2ccc(F)cc2)CCCC1. The summed E-state index contributed by atoms with van der Waals surface area (Å²) in [6, 6.07) is 6.09. The summed E-state index contributed by atoms with van der Waals surface area (Å²) in [5.41, 5.74) is 6.20. The van der Waals surface area contributed by atoms with Crippen LogP contribution in [0.3, 0.4) is 0 Å². The van der Waals surface area contributed by atoms with E-state index < -0.39 is 5.54 Å². The first-order valence-electron chi connectivity index (χ1n) is 5.92. The largest absolute Gasteiger partial charge is 0.350 e. The number of benzene rings is 1. The number of hydrogen-bond acceptors (Lipinski definition) is 2. The highest BCUT2D eigenvalue weighted by Crippen LogP contribution is 2.27. The topological polar surface area (TPSA) is 55.1 Å². The van der Waals surface area contributed by atoms with Gasteiger partial charge in [-0.2, -0.15) is 0 Å². The van der Waals surface area contributed by atoms with Crippen LogP contribution in [0.2, 0.25) is 0 Å². The molecule has 1 aliphatic carbocycles. The number of carbonyl (C=O) groups excluding carboxylic acids is 1. The molecule has 0 saturated heterocycles. The van der Waals surface area contributed by atoms with E-state index >= 15 is 0 Å². The van der Waals surface area contributed by atoms with Crippen LogP contribution in [0, 0.1) is 5.82 Å². The average Bonchev–Trinajstić information content (AvgIpc) is 2.76. The molecular weight excluding hydrogens is 255 g/mol. The van der Waals surface area contributed by atoms with Gasteiger partial charge in [0.2, 0.25) is 5.91 Å². The van der Waals surface area contributed by atoms with Gasteiger partial charge in [0, 0.05) is 6.54 Å². The number of nitrogens with one attached hydrogen (secondary N) is 1. The molecule has 1 aliphatic rings. The molecule has 0 atom stereocenters. The quantitative estimate of drug-likeness (QED) is 0.886. The Morgan fingerprint density at radius 1 is 1.28 bits per heavy atom. The van der Waals surface area contributed by atoms with Gasteiger partial charge < -0.3 is 11.1 Å². The highest BCUT2D eigenvalue weighted by molar-refractivity contribution is 5.86. The first-order valence-corrected chi connectivity index (χ1v) is 5.92. The van der Waals surface area contributed by atoms with E-state index in [-0.39, 0.29) is 24.1 Å². The van der Waals surface area contributed by atoms with E-state index in [1.807, 2.05) is 0 Å². The van der Waals surface area contributed by atoms with Gasteiger partial charge >= 0.3 is 0 Å².